The minimum Gasteiger partial charge on any atom is -0.481 e. The molecule has 1 unspecified atom stereocenters. The summed E-state index contributed by atoms with van der Waals surface area (Å²) < 4.78 is 0. The number of aliphatic carboxylic acids is 1. The monoisotopic (exact) mass is 250 g/mol. The third-order valence-corrected chi connectivity index (χ3v) is 3.80. The highest BCUT2D eigenvalue weighted by Gasteiger charge is 2.18. The van der Waals surface area contributed by atoms with Crippen LogP contribution < -0.4 is 0 Å². The van der Waals surface area contributed by atoms with Crippen molar-refractivity contribution in [2.45, 2.75) is 18.9 Å². The number of benzene rings is 1. The van der Waals surface area contributed by atoms with Crippen LogP contribution in [0.4, 0.5) is 0 Å². The van der Waals surface area contributed by atoms with Crippen molar-refractivity contribution in [1.29, 1.82) is 0 Å². The van der Waals surface area contributed by atoms with E-state index in [-0.39, 0.29) is 12.5 Å². The van der Waals surface area contributed by atoms with Crippen LogP contribution in [0.1, 0.15) is 17.5 Å². The molecule has 2 N–H and O–H groups in total. The lowest BCUT2D eigenvalue weighted by atomic mass is 10.1. The summed E-state index contributed by atoms with van der Waals surface area (Å²) in [5.41, 5.74) is 1.79. The first-order valence-electron chi connectivity index (χ1n) is 5.48. The van der Waals surface area contributed by atoms with Crippen molar-refractivity contribution < 1.29 is 15.0 Å². The Morgan fingerprint density at radius 2 is 2.12 bits per heavy atom. The highest BCUT2D eigenvalue weighted by Crippen LogP contribution is 2.32. The topological polar surface area (TPSA) is 57.5 Å². The fraction of sp³-hybridized carbons (Fsp3) is 0.308. The molecule has 4 heteroatoms. The van der Waals surface area contributed by atoms with Crippen LogP contribution in [0.2, 0.25) is 0 Å². The van der Waals surface area contributed by atoms with E-state index in [4.69, 9.17) is 5.11 Å². The molecule has 0 saturated carbocycles. The lowest BCUT2D eigenvalue weighted by molar-refractivity contribution is -0.136. The maximum atomic E-state index is 10.5. The van der Waals surface area contributed by atoms with E-state index in [1.165, 1.54) is 0 Å². The third-order valence-electron chi connectivity index (χ3n) is 2.63. The van der Waals surface area contributed by atoms with Crippen molar-refractivity contribution in [1.82, 2.24) is 0 Å². The van der Waals surface area contributed by atoms with Crippen LogP contribution in [0.3, 0.4) is 0 Å². The number of thioether (sulfide) groups is 1. The molecule has 1 fully saturated rings. The van der Waals surface area contributed by atoms with Crippen LogP contribution in [-0.4, -0.2) is 28.0 Å². The summed E-state index contributed by atoms with van der Waals surface area (Å²) in [6.45, 7) is 0. The van der Waals surface area contributed by atoms with Gasteiger partial charge in [-0.05, 0) is 23.6 Å². The van der Waals surface area contributed by atoms with Gasteiger partial charge in [0.05, 0.1) is 12.5 Å². The quantitative estimate of drug-likeness (QED) is 0.863. The molecule has 0 bridgehead atoms. The second kappa shape index (κ2) is 5.38. The van der Waals surface area contributed by atoms with E-state index >= 15 is 0 Å². The summed E-state index contributed by atoms with van der Waals surface area (Å²) in [4.78, 5) is 11.5. The van der Waals surface area contributed by atoms with Gasteiger partial charge in [0.2, 0.25) is 0 Å². The summed E-state index contributed by atoms with van der Waals surface area (Å²) in [6, 6.07) is 7.40. The molecule has 1 heterocycles. The van der Waals surface area contributed by atoms with Crippen LogP contribution in [0.5, 0.6) is 0 Å². The van der Waals surface area contributed by atoms with Gasteiger partial charge in [-0.2, -0.15) is 0 Å². The Bertz CT molecular complexity index is 436. The van der Waals surface area contributed by atoms with Crippen LogP contribution in [0.25, 0.3) is 6.08 Å². The number of hydrogen-bond donors (Lipinski definition) is 2. The molecule has 1 aliphatic rings. The lowest BCUT2D eigenvalue weighted by Crippen LogP contribution is -2.01. The molecule has 0 radical (unpaired) electrons. The summed E-state index contributed by atoms with van der Waals surface area (Å²) >= 11 is 1.68. The Morgan fingerprint density at radius 3 is 2.65 bits per heavy atom. The molecule has 90 valence electrons. The zero-order valence-corrected chi connectivity index (χ0v) is 10.1. The molecular weight excluding hydrogens is 236 g/mol. The van der Waals surface area contributed by atoms with Gasteiger partial charge in [0, 0.05) is 10.7 Å². The van der Waals surface area contributed by atoms with Crippen LogP contribution in [0, 0.1) is 0 Å². The van der Waals surface area contributed by atoms with Gasteiger partial charge in [0.1, 0.15) is 0 Å². The molecule has 0 spiro atoms. The van der Waals surface area contributed by atoms with E-state index in [0.717, 1.165) is 28.2 Å². The molecule has 0 aromatic heterocycles. The lowest BCUT2D eigenvalue weighted by Gasteiger charge is -2.03. The minimum atomic E-state index is -0.821. The Hall–Kier alpha value is -1.26. The maximum Gasteiger partial charge on any atom is 0.307 e. The summed E-state index contributed by atoms with van der Waals surface area (Å²) in [5.74, 6) is 0.141. The standard InChI is InChI=1S/C13H14O3S/c14-11-5-6-17-12(11)7-9-1-3-10(4-2-9)8-13(15)16/h1-4,7,11,14H,5-6,8H2,(H,15,16)/b12-7-. The Kier molecular flexibility index (Phi) is 3.86. The Labute approximate surface area is 104 Å². The molecule has 1 saturated heterocycles. The molecular formula is C13H14O3S. The van der Waals surface area contributed by atoms with E-state index in [9.17, 15) is 9.90 Å². The predicted molar refractivity (Wildman–Crippen MR) is 68.8 cm³/mol. The summed E-state index contributed by atoms with van der Waals surface area (Å²) in [6.07, 6.45) is 2.49. The zero-order chi connectivity index (χ0) is 12.3. The van der Waals surface area contributed by atoms with Crippen LogP contribution in [0.15, 0.2) is 29.2 Å². The molecule has 1 atom stereocenters. The zero-order valence-electron chi connectivity index (χ0n) is 9.30. The first kappa shape index (κ1) is 12.2. The Morgan fingerprint density at radius 1 is 1.41 bits per heavy atom. The normalized spacial score (nSPS) is 21.9. The van der Waals surface area contributed by atoms with Gasteiger partial charge in [0.15, 0.2) is 0 Å². The average Bonchev–Trinajstić information content (AvgIpc) is 2.67. The molecule has 1 aromatic rings. The number of hydrogen-bond acceptors (Lipinski definition) is 3. The number of carboxylic acids is 1. The van der Waals surface area contributed by atoms with Gasteiger partial charge >= 0.3 is 5.97 Å². The van der Waals surface area contributed by atoms with E-state index in [2.05, 4.69) is 0 Å². The van der Waals surface area contributed by atoms with Crippen molar-refractivity contribution >= 4 is 23.8 Å². The van der Waals surface area contributed by atoms with Gasteiger partial charge in [0.25, 0.3) is 0 Å². The third kappa shape index (κ3) is 3.35. The van der Waals surface area contributed by atoms with Crippen molar-refractivity contribution in [3.63, 3.8) is 0 Å². The summed E-state index contributed by atoms with van der Waals surface area (Å²) in [5, 5.41) is 18.3. The molecule has 3 nitrogen and oxygen atoms in total. The van der Waals surface area contributed by atoms with Gasteiger partial charge in [-0.15, -0.1) is 11.8 Å². The highest BCUT2D eigenvalue weighted by molar-refractivity contribution is 8.03. The van der Waals surface area contributed by atoms with Crippen molar-refractivity contribution in [2.75, 3.05) is 5.75 Å². The smallest absolute Gasteiger partial charge is 0.307 e. The molecule has 17 heavy (non-hydrogen) atoms. The predicted octanol–water partition coefficient (Wildman–Crippen LogP) is 2.15. The number of carbonyl (C=O) groups is 1. The van der Waals surface area contributed by atoms with E-state index in [0.29, 0.717) is 0 Å². The first-order chi connectivity index (χ1) is 8.15. The maximum absolute atomic E-state index is 10.5. The summed E-state index contributed by atoms with van der Waals surface area (Å²) in [7, 11) is 0. The minimum absolute atomic E-state index is 0.0498. The second-order valence-corrected chi connectivity index (χ2v) is 5.18. The number of aliphatic hydroxyl groups excluding tert-OH is 1. The van der Waals surface area contributed by atoms with Gasteiger partial charge < -0.3 is 10.2 Å². The number of carboxylic acid groups (broad SMARTS) is 1. The first-order valence-corrected chi connectivity index (χ1v) is 6.47. The van der Waals surface area contributed by atoms with Crippen LogP contribution in [-0.2, 0) is 11.2 Å². The van der Waals surface area contributed by atoms with Gasteiger partial charge in [-0.3, -0.25) is 4.79 Å². The highest BCUT2D eigenvalue weighted by atomic mass is 32.2. The van der Waals surface area contributed by atoms with E-state index < -0.39 is 5.97 Å². The number of aliphatic hydroxyl groups is 1. The molecule has 0 amide bonds. The number of rotatable bonds is 3. The van der Waals surface area contributed by atoms with E-state index in [1.54, 1.807) is 11.8 Å². The van der Waals surface area contributed by atoms with Gasteiger partial charge in [-0.25, -0.2) is 0 Å². The Balaban J connectivity index is 2.10. The van der Waals surface area contributed by atoms with Gasteiger partial charge in [-0.1, -0.05) is 24.3 Å². The SMILES string of the molecule is O=C(O)Cc1ccc(/C=C2\SCCC2O)cc1. The second-order valence-electron chi connectivity index (χ2n) is 4.01. The van der Waals surface area contributed by atoms with Crippen LogP contribution >= 0.6 is 11.8 Å². The average molecular weight is 250 g/mol. The van der Waals surface area contributed by atoms with Crippen molar-refractivity contribution in [3.8, 4) is 0 Å². The largest absolute Gasteiger partial charge is 0.481 e. The fourth-order valence-electron chi connectivity index (χ4n) is 1.74. The van der Waals surface area contributed by atoms with Crippen molar-refractivity contribution in [2.24, 2.45) is 0 Å². The van der Waals surface area contributed by atoms with E-state index in [1.807, 2.05) is 30.3 Å². The molecule has 1 aliphatic heterocycles. The molecule has 2 rings (SSSR count). The molecule has 1 aromatic carbocycles. The van der Waals surface area contributed by atoms with Crippen molar-refractivity contribution in [3.05, 3.63) is 40.3 Å². The molecule has 0 aliphatic carbocycles. The fourth-order valence-corrected chi connectivity index (χ4v) is 2.84.